The minimum Gasteiger partial charge on any atom is -0.395 e. The Morgan fingerprint density at radius 1 is 1.40 bits per heavy atom. The van der Waals surface area contributed by atoms with Crippen LogP contribution >= 0.6 is 0 Å². The van der Waals surface area contributed by atoms with Crippen LogP contribution in [0.1, 0.15) is 36.9 Å². The van der Waals surface area contributed by atoms with Gasteiger partial charge in [-0.25, -0.2) is 0 Å². The minimum absolute atomic E-state index is 0.0221. The molecular weight excluding hydrogens is 254 g/mol. The third kappa shape index (κ3) is 5.87. The van der Waals surface area contributed by atoms with Gasteiger partial charge in [0.25, 0.3) is 0 Å². The van der Waals surface area contributed by atoms with E-state index in [1.807, 2.05) is 31.2 Å². The molecule has 0 radical (unpaired) electrons. The molecule has 0 aliphatic rings. The number of carbonyl (C=O) groups excluding carboxylic acids is 1. The zero-order valence-electron chi connectivity index (χ0n) is 12.0. The summed E-state index contributed by atoms with van der Waals surface area (Å²) in [5, 5.41) is 11.6. The topological polar surface area (TPSA) is 58.6 Å². The van der Waals surface area contributed by atoms with Gasteiger partial charge in [0.2, 0.25) is 5.91 Å². The van der Waals surface area contributed by atoms with Crippen LogP contribution in [0.2, 0.25) is 0 Å². The lowest BCUT2D eigenvalue weighted by Crippen LogP contribution is -2.27. The Morgan fingerprint density at radius 2 is 2.10 bits per heavy atom. The van der Waals surface area contributed by atoms with E-state index in [4.69, 9.17) is 9.84 Å². The van der Waals surface area contributed by atoms with Crippen LogP contribution < -0.4 is 5.32 Å². The van der Waals surface area contributed by atoms with Gasteiger partial charge in [-0.05, 0) is 24.6 Å². The van der Waals surface area contributed by atoms with Gasteiger partial charge in [0.05, 0.1) is 19.3 Å². The Hall–Kier alpha value is -1.83. The van der Waals surface area contributed by atoms with Crippen molar-refractivity contribution >= 4 is 5.91 Å². The lowest BCUT2D eigenvalue weighted by atomic mass is 10.1. The first-order valence-corrected chi connectivity index (χ1v) is 6.65. The standard InChI is InChI=1S/C16H21NO3/c1-13(17-16(19)10-12-20-2)15-8-6-14(7-9-15)5-3-4-11-18/h6-9,13,18H,4,10-12H2,1-2H3,(H,17,19). The molecule has 1 amide bonds. The zero-order valence-corrected chi connectivity index (χ0v) is 12.0. The third-order valence-electron chi connectivity index (χ3n) is 2.79. The van der Waals surface area contributed by atoms with Crippen LogP contribution in [0, 0.1) is 11.8 Å². The summed E-state index contributed by atoms with van der Waals surface area (Å²) in [5.74, 6) is 5.82. The number of benzene rings is 1. The average Bonchev–Trinajstić information content (AvgIpc) is 2.46. The number of aliphatic hydroxyl groups excluding tert-OH is 1. The predicted octanol–water partition coefficient (Wildman–Crippen LogP) is 1.63. The van der Waals surface area contributed by atoms with Gasteiger partial charge >= 0.3 is 0 Å². The smallest absolute Gasteiger partial charge is 0.222 e. The van der Waals surface area contributed by atoms with Gasteiger partial charge in [-0.1, -0.05) is 24.0 Å². The number of hydrogen-bond acceptors (Lipinski definition) is 3. The van der Waals surface area contributed by atoms with Gasteiger partial charge in [-0.15, -0.1) is 0 Å². The summed E-state index contributed by atoms with van der Waals surface area (Å²) in [4.78, 5) is 11.6. The van der Waals surface area contributed by atoms with Crippen LogP contribution in [0.4, 0.5) is 0 Å². The third-order valence-corrected chi connectivity index (χ3v) is 2.79. The van der Waals surface area contributed by atoms with Crippen molar-refractivity contribution in [2.24, 2.45) is 0 Å². The van der Waals surface area contributed by atoms with E-state index < -0.39 is 0 Å². The maximum absolute atomic E-state index is 11.6. The lowest BCUT2D eigenvalue weighted by molar-refractivity contribution is -0.122. The summed E-state index contributed by atoms with van der Waals surface area (Å²) in [6, 6.07) is 7.68. The molecule has 0 aliphatic heterocycles. The zero-order chi connectivity index (χ0) is 14.8. The molecule has 1 atom stereocenters. The largest absolute Gasteiger partial charge is 0.395 e. The number of methoxy groups -OCH3 is 1. The fourth-order valence-electron chi connectivity index (χ4n) is 1.67. The number of aliphatic hydroxyl groups is 1. The number of carbonyl (C=O) groups is 1. The minimum atomic E-state index is -0.0428. The Morgan fingerprint density at radius 3 is 2.70 bits per heavy atom. The molecule has 1 unspecified atom stereocenters. The molecule has 4 heteroatoms. The van der Waals surface area contributed by atoms with Gasteiger partial charge < -0.3 is 15.2 Å². The molecule has 1 aromatic carbocycles. The van der Waals surface area contributed by atoms with Crippen molar-refractivity contribution in [1.29, 1.82) is 0 Å². The van der Waals surface area contributed by atoms with E-state index in [-0.39, 0.29) is 18.6 Å². The van der Waals surface area contributed by atoms with E-state index in [1.54, 1.807) is 7.11 Å². The number of hydrogen-bond donors (Lipinski definition) is 2. The molecule has 0 saturated heterocycles. The van der Waals surface area contributed by atoms with Crippen LogP contribution in [-0.4, -0.2) is 31.3 Å². The molecule has 0 bridgehead atoms. The van der Waals surface area contributed by atoms with Gasteiger partial charge in [-0.3, -0.25) is 4.79 Å². The van der Waals surface area contributed by atoms with Crippen molar-refractivity contribution < 1.29 is 14.6 Å². The average molecular weight is 275 g/mol. The summed E-state index contributed by atoms with van der Waals surface area (Å²) in [6.45, 7) is 2.45. The molecule has 0 heterocycles. The van der Waals surface area contributed by atoms with Gasteiger partial charge in [-0.2, -0.15) is 0 Å². The molecule has 1 rings (SSSR count). The van der Waals surface area contributed by atoms with Crippen LogP contribution in [0.3, 0.4) is 0 Å². The highest BCUT2D eigenvalue weighted by molar-refractivity contribution is 5.76. The summed E-state index contributed by atoms with van der Waals surface area (Å²) in [5.41, 5.74) is 1.93. The van der Waals surface area contributed by atoms with Crippen molar-refractivity contribution in [3.63, 3.8) is 0 Å². The second-order valence-electron chi connectivity index (χ2n) is 4.43. The van der Waals surface area contributed by atoms with E-state index in [0.29, 0.717) is 19.4 Å². The molecule has 0 fully saturated rings. The number of rotatable bonds is 6. The van der Waals surface area contributed by atoms with Crippen LogP contribution in [0.5, 0.6) is 0 Å². The van der Waals surface area contributed by atoms with Crippen LogP contribution in [0.25, 0.3) is 0 Å². The molecule has 1 aromatic rings. The van der Waals surface area contributed by atoms with E-state index in [0.717, 1.165) is 11.1 Å². The lowest BCUT2D eigenvalue weighted by Gasteiger charge is -2.14. The van der Waals surface area contributed by atoms with Crippen LogP contribution in [-0.2, 0) is 9.53 Å². The number of nitrogens with one attached hydrogen (secondary N) is 1. The normalized spacial score (nSPS) is 11.3. The molecule has 0 aromatic heterocycles. The number of ether oxygens (including phenoxy) is 1. The van der Waals surface area contributed by atoms with Crippen molar-refractivity contribution in [2.45, 2.75) is 25.8 Å². The Kier molecular flexibility index (Phi) is 7.41. The maximum atomic E-state index is 11.6. The first kappa shape index (κ1) is 16.2. The molecule has 20 heavy (non-hydrogen) atoms. The quantitative estimate of drug-likeness (QED) is 0.776. The van der Waals surface area contributed by atoms with Crippen molar-refractivity contribution in [3.05, 3.63) is 35.4 Å². The molecule has 0 saturated carbocycles. The maximum Gasteiger partial charge on any atom is 0.222 e. The molecule has 0 spiro atoms. The van der Waals surface area contributed by atoms with E-state index in [9.17, 15) is 4.79 Å². The van der Waals surface area contributed by atoms with E-state index >= 15 is 0 Å². The van der Waals surface area contributed by atoms with Crippen LogP contribution in [0.15, 0.2) is 24.3 Å². The van der Waals surface area contributed by atoms with E-state index in [2.05, 4.69) is 17.2 Å². The first-order valence-electron chi connectivity index (χ1n) is 6.65. The molecular formula is C16H21NO3. The fraction of sp³-hybridized carbons (Fsp3) is 0.438. The summed E-state index contributed by atoms with van der Waals surface area (Å²) in [6.07, 6.45) is 0.846. The Balaban J connectivity index is 2.55. The number of amides is 1. The fourth-order valence-corrected chi connectivity index (χ4v) is 1.67. The van der Waals surface area contributed by atoms with Gasteiger partial charge in [0, 0.05) is 25.5 Å². The highest BCUT2D eigenvalue weighted by Gasteiger charge is 2.08. The monoisotopic (exact) mass is 275 g/mol. The first-order chi connectivity index (χ1) is 9.67. The highest BCUT2D eigenvalue weighted by atomic mass is 16.5. The van der Waals surface area contributed by atoms with Gasteiger partial charge in [0.15, 0.2) is 0 Å². The molecule has 0 aliphatic carbocycles. The second kappa shape index (κ2) is 9.13. The van der Waals surface area contributed by atoms with Crippen molar-refractivity contribution in [2.75, 3.05) is 20.3 Å². The molecule has 2 N–H and O–H groups in total. The Bertz CT molecular complexity index is 471. The molecule has 4 nitrogen and oxygen atoms in total. The summed E-state index contributed by atoms with van der Waals surface area (Å²) in [7, 11) is 1.58. The van der Waals surface area contributed by atoms with E-state index in [1.165, 1.54) is 0 Å². The highest BCUT2D eigenvalue weighted by Crippen LogP contribution is 2.13. The summed E-state index contributed by atoms with van der Waals surface area (Å²) >= 11 is 0. The summed E-state index contributed by atoms with van der Waals surface area (Å²) < 4.78 is 4.87. The second-order valence-corrected chi connectivity index (χ2v) is 4.43. The SMILES string of the molecule is COCCC(=O)NC(C)c1ccc(C#CCCO)cc1. The van der Waals surface area contributed by atoms with Gasteiger partial charge in [0.1, 0.15) is 0 Å². The van der Waals surface area contributed by atoms with Crippen molar-refractivity contribution in [3.8, 4) is 11.8 Å². The van der Waals surface area contributed by atoms with Crippen molar-refractivity contribution in [1.82, 2.24) is 5.32 Å². The predicted molar refractivity (Wildman–Crippen MR) is 78.1 cm³/mol. The Labute approximate surface area is 120 Å². The molecule has 108 valence electrons.